The minimum atomic E-state index is -0.486. The van der Waals surface area contributed by atoms with Crippen LogP contribution in [0.2, 0.25) is 0 Å². The van der Waals surface area contributed by atoms with Crippen LogP contribution in [-0.2, 0) is 4.79 Å². The van der Waals surface area contributed by atoms with Crippen LogP contribution < -0.4 is 10.7 Å². The third-order valence-electron chi connectivity index (χ3n) is 4.94. The fourth-order valence-electron chi connectivity index (χ4n) is 3.32. The Labute approximate surface area is 164 Å². The van der Waals surface area contributed by atoms with E-state index in [1.807, 2.05) is 24.3 Å². The SMILES string of the molecule is C/C(=N\NC(=O)c1cccc(F)c1)c1cccc(NC(=O)C2CCCCC2)c1. The molecular weight excluding hydrogens is 357 g/mol. The summed E-state index contributed by atoms with van der Waals surface area (Å²) < 4.78 is 13.2. The van der Waals surface area contributed by atoms with Crippen LogP contribution in [0.3, 0.4) is 0 Å². The predicted octanol–water partition coefficient (Wildman–Crippen LogP) is 4.50. The Morgan fingerprint density at radius 2 is 1.71 bits per heavy atom. The van der Waals surface area contributed by atoms with Gasteiger partial charge in [-0.15, -0.1) is 0 Å². The molecule has 0 unspecified atom stereocenters. The molecule has 1 aliphatic rings. The molecule has 2 aromatic carbocycles. The normalized spacial score (nSPS) is 15.1. The molecule has 1 saturated carbocycles. The van der Waals surface area contributed by atoms with Gasteiger partial charge in [0.25, 0.3) is 5.91 Å². The zero-order chi connectivity index (χ0) is 19.9. The van der Waals surface area contributed by atoms with Gasteiger partial charge < -0.3 is 5.32 Å². The van der Waals surface area contributed by atoms with Crippen molar-refractivity contribution in [1.82, 2.24) is 5.43 Å². The maximum absolute atomic E-state index is 13.2. The van der Waals surface area contributed by atoms with E-state index in [2.05, 4.69) is 15.8 Å². The first-order valence-corrected chi connectivity index (χ1v) is 9.54. The number of hydrogen-bond acceptors (Lipinski definition) is 3. The second kappa shape index (κ2) is 9.26. The first kappa shape index (κ1) is 19.7. The van der Waals surface area contributed by atoms with Crippen molar-refractivity contribution in [3.63, 3.8) is 0 Å². The highest BCUT2D eigenvalue weighted by atomic mass is 19.1. The third kappa shape index (κ3) is 5.25. The van der Waals surface area contributed by atoms with Gasteiger partial charge in [-0.1, -0.05) is 37.5 Å². The summed E-state index contributed by atoms with van der Waals surface area (Å²) in [5, 5.41) is 7.07. The molecule has 28 heavy (non-hydrogen) atoms. The second-order valence-corrected chi connectivity index (χ2v) is 7.05. The lowest BCUT2D eigenvalue weighted by Gasteiger charge is -2.20. The van der Waals surface area contributed by atoms with Gasteiger partial charge >= 0.3 is 0 Å². The third-order valence-corrected chi connectivity index (χ3v) is 4.94. The van der Waals surface area contributed by atoms with E-state index in [0.717, 1.165) is 37.3 Å². The summed E-state index contributed by atoms with van der Waals surface area (Å²) in [6.45, 7) is 1.76. The van der Waals surface area contributed by atoms with Crippen LogP contribution in [0.25, 0.3) is 0 Å². The highest BCUT2D eigenvalue weighted by molar-refractivity contribution is 6.02. The number of nitrogens with one attached hydrogen (secondary N) is 2. The van der Waals surface area contributed by atoms with Crippen LogP contribution in [0, 0.1) is 11.7 Å². The average Bonchev–Trinajstić information content (AvgIpc) is 2.72. The second-order valence-electron chi connectivity index (χ2n) is 7.05. The smallest absolute Gasteiger partial charge is 0.271 e. The molecule has 0 aromatic heterocycles. The van der Waals surface area contributed by atoms with E-state index >= 15 is 0 Å². The molecule has 0 atom stereocenters. The highest BCUT2D eigenvalue weighted by Crippen LogP contribution is 2.25. The van der Waals surface area contributed by atoms with Crippen LogP contribution >= 0.6 is 0 Å². The number of anilines is 1. The average molecular weight is 381 g/mol. The van der Waals surface area contributed by atoms with E-state index in [-0.39, 0.29) is 17.4 Å². The lowest BCUT2D eigenvalue weighted by Crippen LogP contribution is -2.24. The van der Waals surface area contributed by atoms with E-state index in [1.165, 1.54) is 24.6 Å². The minimum absolute atomic E-state index is 0.0610. The lowest BCUT2D eigenvalue weighted by atomic mass is 9.88. The summed E-state index contributed by atoms with van der Waals surface area (Å²) in [5.41, 5.74) is 4.70. The maximum Gasteiger partial charge on any atom is 0.271 e. The number of carbonyl (C=O) groups excluding carboxylic acids is 2. The number of carbonyl (C=O) groups is 2. The van der Waals surface area contributed by atoms with Crippen molar-refractivity contribution in [2.75, 3.05) is 5.32 Å². The minimum Gasteiger partial charge on any atom is -0.326 e. The summed E-state index contributed by atoms with van der Waals surface area (Å²) >= 11 is 0. The van der Waals surface area contributed by atoms with Crippen molar-refractivity contribution in [2.24, 2.45) is 11.0 Å². The molecule has 2 N–H and O–H groups in total. The number of hydrazone groups is 1. The monoisotopic (exact) mass is 381 g/mol. The first-order valence-electron chi connectivity index (χ1n) is 9.54. The Bertz CT molecular complexity index is 889. The largest absolute Gasteiger partial charge is 0.326 e. The molecule has 2 amide bonds. The number of hydrogen-bond donors (Lipinski definition) is 2. The maximum atomic E-state index is 13.2. The molecule has 0 aliphatic heterocycles. The first-order chi connectivity index (χ1) is 13.5. The molecule has 3 rings (SSSR count). The van der Waals surface area contributed by atoms with Crippen molar-refractivity contribution in [2.45, 2.75) is 39.0 Å². The molecule has 0 heterocycles. The Balaban J connectivity index is 1.64. The fourth-order valence-corrected chi connectivity index (χ4v) is 3.32. The number of nitrogens with zero attached hydrogens (tertiary/aromatic N) is 1. The van der Waals surface area contributed by atoms with Gasteiger partial charge in [0.1, 0.15) is 5.82 Å². The molecule has 1 fully saturated rings. The van der Waals surface area contributed by atoms with E-state index < -0.39 is 11.7 Å². The van der Waals surface area contributed by atoms with E-state index in [1.54, 1.807) is 6.92 Å². The van der Waals surface area contributed by atoms with E-state index in [0.29, 0.717) is 11.4 Å². The summed E-state index contributed by atoms with van der Waals surface area (Å²) in [4.78, 5) is 24.5. The van der Waals surface area contributed by atoms with E-state index in [9.17, 15) is 14.0 Å². The van der Waals surface area contributed by atoms with Gasteiger partial charge in [0.2, 0.25) is 5.91 Å². The van der Waals surface area contributed by atoms with Crippen LogP contribution in [0.4, 0.5) is 10.1 Å². The van der Waals surface area contributed by atoms with Crippen molar-refractivity contribution < 1.29 is 14.0 Å². The van der Waals surface area contributed by atoms with Crippen molar-refractivity contribution >= 4 is 23.2 Å². The zero-order valence-electron chi connectivity index (χ0n) is 15.9. The molecule has 6 heteroatoms. The van der Waals surface area contributed by atoms with Gasteiger partial charge in [0.15, 0.2) is 0 Å². The predicted molar refractivity (Wildman–Crippen MR) is 108 cm³/mol. The molecule has 0 saturated heterocycles. The topological polar surface area (TPSA) is 70.6 Å². The Kier molecular flexibility index (Phi) is 6.53. The van der Waals surface area contributed by atoms with Gasteiger partial charge in [-0.25, -0.2) is 9.82 Å². The van der Waals surface area contributed by atoms with Gasteiger partial charge in [-0.05, 0) is 55.7 Å². The highest BCUT2D eigenvalue weighted by Gasteiger charge is 2.21. The van der Waals surface area contributed by atoms with Gasteiger partial charge in [0, 0.05) is 17.2 Å². The van der Waals surface area contributed by atoms with Crippen LogP contribution in [0.1, 0.15) is 54.9 Å². The summed E-state index contributed by atoms with van der Waals surface area (Å²) in [7, 11) is 0. The Morgan fingerprint density at radius 3 is 2.46 bits per heavy atom. The molecule has 0 radical (unpaired) electrons. The van der Waals surface area contributed by atoms with Crippen LogP contribution in [0.15, 0.2) is 53.6 Å². The number of rotatable bonds is 5. The quantitative estimate of drug-likeness (QED) is 0.591. The lowest BCUT2D eigenvalue weighted by molar-refractivity contribution is -0.120. The number of halogens is 1. The standard InChI is InChI=1S/C22H24FN3O2/c1-15(25-26-22(28)18-10-5-11-19(23)13-18)17-9-6-12-20(14-17)24-21(27)16-7-3-2-4-8-16/h5-6,9-14,16H,2-4,7-8H2,1H3,(H,24,27)(H,26,28)/b25-15+. The van der Waals surface area contributed by atoms with Gasteiger partial charge in [0.05, 0.1) is 5.71 Å². The van der Waals surface area contributed by atoms with Crippen molar-refractivity contribution in [1.29, 1.82) is 0 Å². The molecule has 5 nitrogen and oxygen atoms in total. The number of benzene rings is 2. The molecule has 0 spiro atoms. The molecule has 1 aliphatic carbocycles. The zero-order valence-corrected chi connectivity index (χ0v) is 15.9. The summed E-state index contributed by atoms with van der Waals surface area (Å²) in [6, 6.07) is 12.8. The molecule has 2 aromatic rings. The number of amides is 2. The fraction of sp³-hybridized carbons (Fsp3) is 0.318. The summed E-state index contributed by atoms with van der Waals surface area (Å²) in [6.07, 6.45) is 5.30. The Hall–Kier alpha value is -3.02. The van der Waals surface area contributed by atoms with Crippen LogP contribution in [0.5, 0.6) is 0 Å². The Morgan fingerprint density at radius 1 is 1.00 bits per heavy atom. The molecule has 146 valence electrons. The van der Waals surface area contributed by atoms with Crippen molar-refractivity contribution in [3.8, 4) is 0 Å². The molecule has 0 bridgehead atoms. The van der Waals surface area contributed by atoms with Gasteiger partial charge in [-0.3, -0.25) is 9.59 Å². The molecular formula is C22H24FN3O2. The van der Waals surface area contributed by atoms with Crippen LogP contribution in [-0.4, -0.2) is 17.5 Å². The van der Waals surface area contributed by atoms with E-state index in [4.69, 9.17) is 0 Å². The van der Waals surface area contributed by atoms with Gasteiger partial charge in [-0.2, -0.15) is 5.10 Å². The summed E-state index contributed by atoms with van der Waals surface area (Å²) in [5.74, 6) is -0.820. The van der Waals surface area contributed by atoms with Crippen molar-refractivity contribution in [3.05, 3.63) is 65.5 Å².